The Balaban J connectivity index is 2.18. The zero-order valence-electron chi connectivity index (χ0n) is 10.2. The van der Waals surface area contributed by atoms with Crippen LogP contribution in [0.3, 0.4) is 0 Å². The quantitative estimate of drug-likeness (QED) is 0.897. The van der Waals surface area contributed by atoms with Crippen molar-refractivity contribution in [2.75, 3.05) is 12.4 Å². The molecule has 0 fully saturated rings. The number of hydrogen-bond donors (Lipinski definition) is 1. The SMILES string of the molecule is COc1ccc(-c2csc(NC(C)C)n2)cc1. The van der Waals surface area contributed by atoms with Crippen LogP contribution in [0.2, 0.25) is 0 Å². The van der Waals surface area contributed by atoms with Gasteiger partial charge in [-0.15, -0.1) is 11.3 Å². The summed E-state index contributed by atoms with van der Waals surface area (Å²) in [6.07, 6.45) is 0. The molecule has 90 valence electrons. The third-order valence-electron chi connectivity index (χ3n) is 2.30. The molecule has 0 spiro atoms. The summed E-state index contributed by atoms with van der Waals surface area (Å²) in [5.74, 6) is 0.865. The fourth-order valence-corrected chi connectivity index (χ4v) is 2.35. The standard InChI is InChI=1S/C13H16N2OS/c1-9(2)14-13-15-12(8-17-13)10-4-6-11(16-3)7-5-10/h4-9H,1-3H3,(H,14,15). The highest BCUT2D eigenvalue weighted by Gasteiger charge is 2.05. The lowest BCUT2D eigenvalue weighted by Gasteiger charge is -2.04. The second kappa shape index (κ2) is 5.19. The van der Waals surface area contributed by atoms with Crippen LogP contribution in [0.5, 0.6) is 5.75 Å². The molecule has 0 unspecified atom stereocenters. The molecule has 0 aliphatic rings. The summed E-state index contributed by atoms with van der Waals surface area (Å²) in [4.78, 5) is 4.54. The van der Waals surface area contributed by atoms with Gasteiger partial charge >= 0.3 is 0 Å². The van der Waals surface area contributed by atoms with E-state index >= 15 is 0 Å². The van der Waals surface area contributed by atoms with Crippen molar-refractivity contribution in [1.82, 2.24) is 4.98 Å². The number of nitrogens with zero attached hydrogens (tertiary/aromatic N) is 1. The maximum absolute atomic E-state index is 5.13. The van der Waals surface area contributed by atoms with E-state index in [0.29, 0.717) is 6.04 Å². The number of thiazole rings is 1. The normalized spacial score (nSPS) is 10.6. The lowest BCUT2D eigenvalue weighted by molar-refractivity contribution is 0.415. The van der Waals surface area contributed by atoms with Crippen LogP contribution in [0.15, 0.2) is 29.6 Å². The number of aromatic nitrogens is 1. The van der Waals surface area contributed by atoms with Gasteiger partial charge in [-0.3, -0.25) is 0 Å². The number of anilines is 1. The number of rotatable bonds is 4. The Morgan fingerprint density at radius 3 is 2.53 bits per heavy atom. The minimum atomic E-state index is 0.407. The molecule has 1 heterocycles. The van der Waals surface area contributed by atoms with Crippen LogP contribution < -0.4 is 10.1 Å². The number of benzene rings is 1. The summed E-state index contributed by atoms with van der Waals surface area (Å²) in [5.41, 5.74) is 2.11. The second-order valence-corrected chi connectivity index (χ2v) is 4.92. The lowest BCUT2D eigenvalue weighted by atomic mass is 10.2. The van der Waals surface area contributed by atoms with Crippen LogP contribution in [-0.4, -0.2) is 18.1 Å². The summed E-state index contributed by atoms with van der Waals surface area (Å²) in [6, 6.07) is 8.35. The molecule has 1 aromatic carbocycles. The number of ether oxygens (including phenoxy) is 1. The molecule has 0 aliphatic carbocycles. The van der Waals surface area contributed by atoms with Gasteiger partial charge in [0.2, 0.25) is 0 Å². The van der Waals surface area contributed by atoms with Crippen LogP contribution in [-0.2, 0) is 0 Å². The van der Waals surface area contributed by atoms with Crippen molar-refractivity contribution in [3.8, 4) is 17.0 Å². The Bertz CT molecular complexity index is 476. The first kappa shape index (κ1) is 11.9. The molecule has 0 bridgehead atoms. The van der Waals surface area contributed by atoms with E-state index in [1.54, 1.807) is 18.4 Å². The molecule has 1 aromatic heterocycles. The maximum atomic E-state index is 5.13. The molecule has 1 N–H and O–H groups in total. The predicted molar refractivity (Wildman–Crippen MR) is 72.9 cm³/mol. The van der Waals surface area contributed by atoms with Crippen LogP contribution >= 0.6 is 11.3 Å². The minimum Gasteiger partial charge on any atom is -0.497 e. The van der Waals surface area contributed by atoms with Gasteiger partial charge < -0.3 is 10.1 Å². The van der Waals surface area contributed by atoms with Gasteiger partial charge in [0.1, 0.15) is 5.75 Å². The zero-order chi connectivity index (χ0) is 12.3. The first-order chi connectivity index (χ1) is 8.19. The molecule has 3 nitrogen and oxygen atoms in total. The van der Waals surface area contributed by atoms with E-state index in [1.807, 2.05) is 24.3 Å². The highest BCUT2D eigenvalue weighted by molar-refractivity contribution is 7.14. The van der Waals surface area contributed by atoms with E-state index in [2.05, 4.69) is 29.5 Å². The summed E-state index contributed by atoms with van der Waals surface area (Å²) in [5, 5.41) is 6.33. The summed E-state index contributed by atoms with van der Waals surface area (Å²) < 4.78 is 5.13. The smallest absolute Gasteiger partial charge is 0.183 e. The largest absolute Gasteiger partial charge is 0.497 e. The monoisotopic (exact) mass is 248 g/mol. The van der Waals surface area contributed by atoms with E-state index in [4.69, 9.17) is 4.74 Å². The molecule has 2 rings (SSSR count). The number of methoxy groups -OCH3 is 1. The van der Waals surface area contributed by atoms with E-state index in [0.717, 1.165) is 22.1 Å². The Labute approximate surface area is 105 Å². The van der Waals surface area contributed by atoms with Gasteiger partial charge in [0.05, 0.1) is 12.8 Å². The summed E-state index contributed by atoms with van der Waals surface area (Å²) in [7, 11) is 1.67. The van der Waals surface area contributed by atoms with Gasteiger partial charge in [-0.2, -0.15) is 0 Å². The molecule has 0 radical (unpaired) electrons. The summed E-state index contributed by atoms with van der Waals surface area (Å²) >= 11 is 1.63. The van der Waals surface area contributed by atoms with E-state index in [1.165, 1.54) is 0 Å². The lowest BCUT2D eigenvalue weighted by Crippen LogP contribution is -2.08. The third kappa shape index (κ3) is 2.97. The Morgan fingerprint density at radius 1 is 1.24 bits per heavy atom. The molecule has 2 aromatic rings. The van der Waals surface area contributed by atoms with Gasteiger partial charge in [-0.25, -0.2) is 4.98 Å². The van der Waals surface area contributed by atoms with Crippen molar-refractivity contribution in [3.05, 3.63) is 29.6 Å². The minimum absolute atomic E-state index is 0.407. The van der Waals surface area contributed by atoms with Crippen LogP contribution in [0.4, 0.5) is 5.13 Å². The second-order valence-electron chi connectivity index (χ2n) is 4.07. The molecule has 0 saturated heterocycles. The molecule has 0 atom stereocenters. The van der Waals surface area contributed by atoms with Crippen LogP contribution in [0.1, 0.15) is 13.8 Å². The maximum Gasteiger partial charge on any atom is 0.183 e. The average Bonchev–Trinajstić information content (AvgIpc) is 2.77. The fourth-order valence-electron chi connectivity index (χ4n) is 1.48. The van der Waals surface area contributed by atoms with Crippen molar-refractivity contribution in [2.24, 2.45) is 0 Å². The number of hydrogen-bond acceptors (Lipinski definition) is 4. The zero-order valence-corrected chi connectivity index (χ0v) is 11.0. The first-order valence-electron chi connectivity index (χ1n) is 5.55. The van der Waals surface area contributed by atoms with Crippen molar-refractivity contribution in [1.29, 1.82) is 0 Å². The highest BCUT2D eigenvalue weighted by atomic mass is 32.1. The molecule has 17 heavy (non-hydrogen) atoms. The molecule has 0 aliphatic heterocycles. The molecule has 4 heteroatoms. The highest BCUT2D eigenvalue weighted by Crippen LogP contribution is 2.26. The molecular formula is C13H16N2OS. The van der Waals surface area contributed by atoms with Gasteiger partial charge in [0.15, 0.2) is 5.13 Å². The van der Waals surface area contributed by atoms with E-state index < -0.39 is 0 Å². The van der Waals surface area contributed by atoms with Crippen molar-refractivity contribution >= 4 is 16.5 Å². The number of nitrogens with one attached hydrogen (secondary N) is 1. The van der Waals surface area contributed by atoms with Crippen LogP contribution in [0, 0.1) is 0 Å². The molecular weight excluding hydrogens is 232 g/mol. The van der Waals surface area contributed by atoms with Crippen molar-refractivity contribution in [3.63, 3.8) is 0 Å². The topological polar surface area (TPSA) is 34.1 Å². The fraction of sp³-hybridized carbons (Fsp3) is 0.308. The van der Waals surface area contributed by atoms with Gasteiger partial charge in [-0.1, -0.05) is 0 Å². The van der Waals surface area contributed by atoms with Crippen molar-refractivity contribution in [2.45, 2.75) is 19.9 Å². The Kier molecular flexibility index (Phi) is 3.64. The van der Waals surface area contributed by atoms with Gasteiger partial charge in [-0.05, 0) is 38.1 Å². The average molecular weight is 248 g/mol. The molecule has 0 amide bonds. The Morgan fingerprint density at radius 2 is 1.94 bits per heavy atom. The summed E-state index contributed by atoms with van der Waals surface area (Å²) in [6.45, 7) is 4.21. The van der Waals surface area contributed by atoms with Crippen molar-refractivity contribution < 1.29 is 4.74 Å². The van der Waals surface area contributed by atoms with Gasteiger partial charge in [0.25, 0.3) is 0 Å². The van der Waals surface area contributed by atoms with Crippen LogP contribution in [0.25, 0.3) is 11.3 Å². The predicted octanol–water partition coefficient (Wildman–Crippen LogP) is 3.64. The van der Waals surface area contributed by atoms with E-state index in [9.17, 15) is 0 Å². The van der Waals surface area contributed by atoms with E-state index in [-0.39, 0.29) is 0 Å². The Hall–Kier alpha value is -1.55. The molecule has 0 saturated carbocycles. The van der Waals surface area contributed by atoms with Gasteiger partial charge in [0, 0.05) is 17.0 Å². The first-order valence-corrected chi connectivity index (χ1v) is 6.43. The third-order valence-corrected chi connectivity index (χ3v) is 3.08.